The number of allylic oxidation sites excluding steroid dienone is 1. The Morgan fingerprint density at radius 1 is 1.17 bits per heavy atom. The van der Waals surface area contributed by atoms with Gasteiger partial charge in [0.05, 0.1) is 12.7 Å². The van der Waals surface area contributed by atoms with Crippen molar-refractivity contribution < 1.29 is 27.8 Å². The molecule has 0 saturated carbocycles. The second-order valence-corrected chi connectivity index (χ2v) is 4.67. The fourth-order valence-electron chi connectivity index (χ4n) is 1.99. The van der Waals surface area contributed by atoms with Crippen LogP contribution in [-0.2, 0) is 6.18 Å². The lowest BCUT2D eigenvalue weighted by Crippen LogP contribution is -2.07. The number of rotatable bonds is 4. The van der Waals surface area contributed by atoms with E-state index in [1.54, 1.807) is 0 Å². The van der Waals surface area contributed by atoms with Gasteiger partial charge in [0.25, 0.3) is 0 Å². The van der Waals surface area contributed by atoms with Gasteiger partial charge in [0, 0.05) is 5.56 Å². The van der Waals surface area contributed by atoms with E-state index in [2.05, 4.69) is 0 Å². The number of halogens is 3. The van der Waals surface area contributed by atoms with Crippen molar-refractivity contribution in [3.63, 3.8) is 0 Å². The van der Waals surface area contributed by atoms with E-state index >= 15 is 0 Å². The van der Waals surface area contributed by atoms with Crippen LogP contribution < -0.4 is 4.74 Å². The quantitative estimate of drug-likeness (QED) is 0.674. The van der Waals surface area contributed by atoms with Crippen molar-refractivity contribution in [1.29, 1.82) is 0 Å². The number of hydrogen-bond donors (Lipinski definition) is 1. The number of benzene rings is 2. The van der Waals surface area contributed by atoms with E-state index in [9.17, 15) is 23.1 Å². The molecule has 0 aliphatic carbocycles. The maximum absolute atomic E-state index is 12.9. The van der Waals surface area contributed by atoms with E-state index in [-0.39, 0.29) is 22.6 Å². The molecule has 2 rings (SSSR count). The Morgan fingerprint density at radius 3 is 2.52 bits per heavy atom. The Hall–Kier alpha value is -2.76. The number of aromatic hydroxyl groups is 1. The van der Waals surface area contributed by atoms with Crippen molar-refractivity contribution in [1.82, 2.24) is 0 Å². The molecule has 0 atom stereocenters. The maximum atomic E-state index is 12.9. The van der Waals surface area contributed by atoms with Crippen LogP contribution in [0.15, 0.2) is 48.5 Å². The molecular formula is C17H13F3O3. The topological polar surface area (TPSA) is 46.5 Å². The summed E-state index contributed by atoms with van der Waals surface area (Å²) in [6.45, 7) is 0. The van der Waals surface area contributed by atoms with Gasteiger partial charge in [0.15, 0.2) is 17.3 Å². The third-order valence-electron chi connectivity index (χ3n) is 3.14. The van der Waals surface area contributed by atoms with Crippen molar-refractivity contribution in [3.05, 3.63) is 65.2 Å². The molecule has 0 aliphatic rings. The molecule has 0 aliphatic heterocycles. The number of phenols is 1. The zero-order chi connectivity index (χ0) is 17.0. The van der Waals surface area contributed by atoms with E-state index in [0.29, 0.717) is 0 Å². The average molecular weight is 322 g/mol. The van der Waals surface area contributed by atoms with E-state index in [4.69, 9.17) is 4.74 Å². The molecule has 0 bridgehead atoms. The molecule has 1 N–H and O–H groups in total. The molecule has 0 heterocycles. The molecule has 120 valence electrons. The Balaban J connectivity index is 2.29. The Labute approximate surface area is 130 Å². The fourth-order valence-corrected chi connectivity index (χ4v) is 1.99. The summed E-state index contributed by atoms with van der Waals surface area (Å²) in [5.74, 6) is -0.518. The average Bonchev–Trinajstić information content (AvgIpc) is 2.52. The number of alkyl halides is 3. The van der Waals surface area contributed by atoms with Crippen LogP contribution in [0.1, 0.15) is 21.5 Å². The lowest BCUT2D eigenvalue weighted by atomic mass is 10.0. The summed E-state index contributed by atoms with van der Waals surface area (Å²) in [4.78, 5) is 12.1. The highest BCUT2D eigenvalue weighted by Crippen LogP contribution is 2.32. The number of ether oxygens (including phenoxy) is 1. The third kappa shape index (κ3) is 3.91. The van der Waals surface area contributed by atoms with Gasteiger partial charge in [-0.3, -0.25) is 4.79 Å². The number of carbonyl (C=O) groups is 1. The first-order valence-corrected chi connectivity index (χ1v) is 6.58. The molecule has 0 aromatic heterocycles. The molecule has 0 spiro atoms. The Morgan fingerprint density at radius 2 is 1.87 bits per heavy atom. The van der Waals surface area contributed by atoms with Crippen LogP contribution in [0.2, 0.25) is 0 Å². The minimum absolute atomic E-state index is 0.0981. The van der Waals surface area contributed by atoms with Crippen molar-refractivity contribution in [3.8, 4) is 11.5 Å². The molecule has 0 fully saturated rings. The fraction of sp³-hybridized carbons (Fsp3) is 0.118. The van der Waals surface area contributed by atoms with Crippen LogP contribution in [0.25, 0.3) is 6.08 Å². The second kappa shape index (κ2) is 6.56. The molecule has 0 unspecified atom stereocenters. The summed E-state index contributed by atoms with van der Waals surface area (Å²) in [6, 6.07) is 8.94. The first-order valence-electron chi connectivity index (χ1n) is 6.58. The van der Waals surface area contributed by atoms with Crippen molar-refractivity contribution >= 4 is 11.9 Å². The normalized spacial score (nSPS) is 11.7. The zero-order valence-corrected chi connectivity index (χ0v) is 12.1. The third-order valence-corrected chi connectivity index (χ3v) is 3.14. The molecule has 23 heavy (non-hydrogen) atoms. The summed E-state index contributed by atoms with van der Waals surface area (Å²) in [7, 11) is 1.33. The summed E-state index contributed by atoms with van der Waals surface area (Å²) < 4.78 is 43.5. The number of ketones is 1. The zero-order valence-electron chi connectivity index (χ0n) is 12.1. The van der Waals surface area contributed by atoms with Gasteiger partial charge in [0.2, 0.25) is 0 Å². The van der Waals surface area contributed by atoms with Gasteiger partial charge in [-0.05, 0) is 35.9 Å². The van der Waals surface area contributed by atoms with Crippen LogP contribution in [0.5, 0.6) is 11.5 Å². The van der Waals surface area contributed by atoms with Crippen LogP contribution in [0, 0.1) is 0 Å². The van der Waals surface area contributed by atoms with E-state index in [1.807, 2.05) is 0 Å². The van der Waals surface area contributed by atoms with Gasteiger partial charge in [-0.25, -0.2) is 0 Å². The molecule has 3 nitrogen and oxygen atoms in total. The molecule has 0 radical (unpaired) electrons. The molecule has 6 heteroatoms. The van der Waals surface area contributed by atoms with Gasteiger partial charge in [-0.2, -0.15) is 13.2 Å². The van der Waals surface area contributed by atoms with E-state index in [0.717, 1.165) is 18.2 Å². The highest BCUT2D eigenvalue weighted by atomic mass is 19.4. The van der Waals surface area contributed by atoms with Gasteiger partial charge >= 0.3 is 6.18 Å². The Bertz CT molecular complexity index is 749. The number of carbonyl (C=O) groups excluding carboxylic acids is 1. The summed E-state index contributed by atoms with van der Waals surface area (Å²) >= 11 is 0. The molecule has 0 amide bonds. The smallest absolute Gasteiger partial charge is 0.416 e. The van der Waals surface area contributed by atoms with Gasteiger partial charge in [0.1, 0.15) is 0 Å². The standard InChI is InChI=1S/C17H13F3O3/c1-23-16-10-12(7-9-15(16)22)14(21)8-6-11-4-2-3-5-13(11)17(18,19)20/h2-10,22H,1H3. The monoisotopic (exact) mass is 322 g/mol. The van der Waals surface area contributed by atoms with Crippen LogP contribution in [0.3, 0.4) is 0 Å². The summed E-state index contributed by atoms with van der Waals surface area (Å²) in [6.07, 6.45) is -2.33. The highest BCUT2D eigenvalue weighted by Gasteiger charge is 2.32. The lowest BCUT2D eigenvalue weighted by molar-refractivity contribution is -0.137. The molecule has 2 aromatic carbocycles. The van der Waals surface area contributed by atoms with Crippen LogP contribution >= 0.6 is 0 Å². The number of methoxy groups -OCH3 is 1. The highest BCUT2D eigenvalue weighted by molar-refractivity contribution is 6.07. The first-order chi connectivity index (χ1) is 10.8. The van der Waals surface area contributed by atoms with Crippen LogP contribution in [0.4, 0.5) is 13.2 Å². The molecular weight excluding hydrogens is 309 g/mol. The van der Waals surface area contributed by atoms with Crippen molar-refractivity contribution in [2.75, 3.05) is 7.11 Å². The minimum atomic E-state index is -4.49. The van der Waals surface area contributed by atoms with E-state index in [1.165, 1.54) is 43.5 Å². The van der Waals surface area contributed by atoms with Crippen molar-refractivity contribution in [2.45, 2.75) is 6.18 Å². The predicted molar refractivity (Wildman–Crippen MR) is 79.5 cm³/mol. The predicted octanol–water partition coefficient (Wildman–Crippen LogP) is 4.32. The minimum Gasteiger partial charge on any atom is -0.504 e. The van der Waals surface area contributed by atoms with Gasteiger partial charge < -0.3 is 9.84 Å². The largest absolute Gasteiger partial charge is 0.504 e. The number of hydrogen-bond acceptors (Lipinski definition) is 3. The first kappa shape index (κ1) is 16.6. The molecule has 2 aromatic rings. The van der Waals surface area contributed by atoms with Gasteiger partial charge in [-0.1, -0.05) is 24.3 Å². The SMILES string of the molecule is COc1cc(C(=O)C=Cc2ccccc2C(F)(F)F)ccc1O. The Kier molecular flexibility index (Phi) is 4.74. The summed E-state index contributed by atoms with van der Waals surface area (Å²) in [5, 5.41) is 9.47. The van der Waals surface area contributed by atoms with Gasteiger partial charge in [-0.15, -0.1) is 0 Å². The van der Waals surface area contributed by atoms with Crippen LogP contribution in [-0.4, -0.2) is 18.0 Å². The second-order valence-electron chi connectivity index (χ2n) is 4.67. The number of phenolic OH excluding ortho intramolecular Hbond substituents is 1. The maximum Gasteiger partial charge on any atom is 0.416 e. The van der Waals surface area contributed by atoms with Crippen molar-refractivity contribution in [2.24, 2.45) is 0 Å². The van der Waals surface area contributed by atoms with E-state index < -0.39 is 17.5 Å². The lowest BCUT2D eigenvalue weighted by Gasteiger charge is -2.09. The summed E-state index contributed by atoms with van der Waals surface area (Å²) in [5.41, 5.74) is -0.716. The molecule has 0 saturated heterocycles.